The molecule has 0 spiro atoms. The van der Waals surface area contributed by atoms with E-state index >= 15 is 0 Å². The van der Waals surface area contributed by atoms with E-state index in [2.05, 4.69) is 5.32 Å². The minimum Gasteiger partial charge on any atom is -0.490 e. The number of ether oxygens (including phenoxy) is 1. The summed E-state index contributed by atoms with van der Waals surface area (Å²) in [5, 5.41) is 14.2. The smallest absolute Gasteiger partial charge is 0.311 e. The molecule has 20 heavy (non-hydrogen) atoms. The summed E-state index contributed by atoms with van der Waals surface area (Å²) < 4.78 is 18.3. The number of benzene rings is 1. The standard InChI is InChI=1S/C13H18FN3O3/c1-20-13-3-2-10(8-11(13)17(18)19)12(9-14)16-6-4-15-5-7-16/h2-3,8,12,15H,4-7,9H2,1H3/t12-/m0/s1. The highest BCUT2D eigenvalue weighted by molar-refractivity contribution is 5.49. The molecule has 1 heterocycles. The highest BCUT2D eigenvalue weighted by atomic mass is 19.1. The van der Waals surface area contributed by atoms with Gasteiger partial charge in [-0.2, -0.15) is 0 Å². The Labute approximate surface area is 116 Å². The van der Waals surface area contributed by atoms with Crippen molar-refractivity contribution in [3.63, 3.8) is 0 Å². The third-order valence-electron chi connectivity index (χ3n) is 3.52. The largest absolute Gasteiger partial charge is 0.490 e. The molecule has 2 rings (SSSR count). The van der Waals surface area contributed by atoms with Crippen molar-refractivity contribution < 1.29 is 14.1 Å². The van der Waals surface area contributed by atoms with Crippen LogP contribution in [-0.4, -0.2) is 49.8 Å². The monoisotopic (exact) mass is 283 g/mol. The fourth-order valence-corrected chi connectivity index (χ4v) is 2.45. The van der Waals surface area contributed by atoms with Gasteiger partial charge >= 0.3 is 5.69 Å². The van der Waals surface area contributed by atoms with Gasteiger partial charge in [-0.25, -0.2) is 4.39 Å². The Hall–Kier alpha value is -1.73. The van der Waals surface area contributed by atoms with Crippen LogP contribution in [0.2, 0.25) is 0 Å². The van der Waals surface area contributed by atoms with Crippen LogP contribution in [0.25, 0.3) is 0 Å². The first kappa shape index (κ1) is 14.7. The second kappa shape index (κ2) is 6.62. The molecule has 1 atom stereocenters. The molecule has 1 aromatic carbocycles. The maximum Gasteiger partial charge on any atom is 0.311 e. The Kier molecular flexibility index (Phi) is 4.86. The van der Waals surface area contributed by atoms with Gasteiger partial charge in [-0.05, 0) is 11.6 Å². The number of nitro groups is 1. The predicted molar refractivity (Wildman–Crippen MR) is 72.8 cm³/mol. The van der Waals surface area contributed by atoms with Crippen LogP contribution < -0.4 is 10.1 Å². The topological polar surface area (TPSA) is 67.6 Å². The fourth-order valence-electron chi connectivity index (χ4n) is 2.45. The van der Waals surface area contributed by atoms with Crippen LogP contribution in [0.1, 0.15) is 11.6 Å². The van der Waals surface area contributed by atoms with Crippen LogP contribution in [0.15, 0.2) is 18.2 Å². The Morgan fingerprint density at radius 3 is 2.75 bits per heavy atom. The molecule has 0 aliphatic carbocycles. The van der Waals surface area contributed by atoms with E-state index in [0.29, 0.717) is 5.56 Å². The molecule has 7 heteroatoms. The number of nitro benzene ring substituents is 1. The molecular weight excluding hydrogens is 265 g/mol. The summed E-state index contributed by atoms with van der Waals surface area (Å²) in [5.74, 6) is 0.191. The normalized spacial score (nSPS) is 17.7. The number of nitrogens with one attached hydrogen (secondary N) is 1. The summed E-state index contributed by atoms with van der Waals surface area (Å²) in [5.41, 5.74) is 0.487. The molecule has 0 unspecified atom stereocenters. The van der Waals surface area contributed by atoms with Crippen LogP contribution in [-0.2, 0) is 0 Å². The average molecular weight is 283 g/mol. The summed E-state index contributed by atoms with van der Waals surface area (Å²) in [4.78, 5) is 12.5. The van der Waals surface area contributed by atoms with Crippen molar-refractivity contribution in [3.05, 3.63) is 33.9 Å². The van der Waals surface area contributed by atoms with E-state index < -0.39 is 17.6 Å². The van der Waals surface area contributed by atoms with E-state index in [1.54, 1.807) is 6.07 Å². The first-order valence-electron chi connectivity index (χ1n) is 6.50. The van der Waals surface area contributed by atoms with Crippen LogP contribution in [0.5, 0.6) is 5.75 Å². The highest BCUT2D eigenvalue weighted by Crippen LogP contribution is 2.32. The number of hydrogen-bond acceptors (Lipinski definition) is 5. The zero-order chi connectivity index (χ0) is 14.5. The lowest BCUT2D eigenvalue weighted by Crippen LogP contribution is -2.45. The van der Waals surface area contributed by atoms with Crippen molar-refractivity contribution in [1.82, 2.24) is 10.2 Å². The van der Waals surface area contributed by atoms with Gasteiger partial charge in [-0.1, -0.05) is 6.07 Å². The minimum atomic E-state index is -0.566. The molecule has 110 valence electrons. The molecule has 1 aliphatic rings. The van der Waals surface area contributed by atoms with Crippen LogP contribution in [0.3, 0.4) is 0 Å². The van der Waals surface area contributed by atoms with Gasteiger partial charge in [0.2, 0.25) is 0 Å². The summed E-state index contributed by atoms with van der Waals surface area (Å²) in [7, 11) is 1.38. The summed E-state index contributed by atoms with van der Waals surface area (Å²) in [6.45, 7) is 2.50. The second-order valence-electron chi connectivity index (χ2n) is 4.64. The lowest BCUT2D eigenvalue weighted by atomic mass is 10.0. The number of methoxy groups -OCH3 is 1. The van der Waals surface area contributed by atoms with E-state index in [1.807, 2.05) is 4.90 Å². The van der Waals surface area contributed by atoms with E-state index in [9.17, 15) is 14.5 Å². The number of alkyl halides is 1. The molecule has 1 aromatic rings. The summed E-state index contributed by atoms with van der Waals surface area (Å²) in [6.07, 6.45) is 0. The van der Waals surface area contributed by atoms with Crippen molar-refractivity contribution in [3.8, 4) is 5.75 Å². The van der Waals surface area contributed by atoms with Crippen LogP contribution in [0, 0.1) is 10.1 Å². The molecule has 0 radical (unpaired) electrons. The van der Waals surface area contributed by atoms with Crippen molar-refractivity contribution in [1.29, 1.82) is 0 Å². The van der Waals surface area contributed by atoms with Gasteiger partial charge < -0.3 is 10.1 Å². The van der Waals surface area contributed by atoms with E-state index in [0.717, 1.165) is 26.2 Å². The predicted octanol–water partition coefficient (Wildman–Crippen LogP) is 1.52. The van der Waals surface area contributed by atoms with Crippen LogP contribution >= 0.6 is 0 Å². The van der Waals surface area contributed by atoms with E-state index in [4.69, 9.17) is 4.74 Å². The van der Waals surface area contributed by atoms with Gasteiger partial charge in [0, 0.05) is 32.2 Å². The van der Waals surface area contributed by atoms with E-state index in [1.165, 1.54) is 19.2 Å². The number of rotatable bonds is 5. The molecule has 0 amide bonds. The Balaban J connectivity index is 2.29. The maximum absolute atomic E-state index is 13.4. The molecule has 0 bridgehead atoms. The van der Waals surface area contributed by atoms with Gasteiger partial charge in [0.05, 0.1) is 18.1 Å². The summed E-state index contributed by atoms with van der Waals surface area (Å²) in [6, 6.07) is 4.18. The molecule has 1 saturated heterocycles. The quantitative estimate of drug-likeness (QED) is 0.655. The number of piperazine rings is 1. The number of nitrogens with zero attached hydrogens (tertiary/aromatic N) is 2. The minimum absolute atomic E-state index is 0.126. The van der Waals surface area contributed by atoms with Crippen molar-refractivity contribution in [2.45, 2.75) is 6.04 Å². The second-order valence-corrected chi connectivity index (χ2v) is 4.64. The maximum atomic E-state index is 13.4. The SMILES string of the molecule is COc1ccc([C@H](CF)N2CCNCC2)cc1[N+](=O)[O-]. The Morgan fingerprint density at radius 2 is 2.20 bits per heavy atom. The molecule has 1 N–H and O–H groups in total. The van der Waals surface area contributed by atoms with Gasteiger partial charge in [-0.3, -0.25) is 15.0 Å². The molecule has 1 fully saturated rings. The average Bonchev–Trinajstić information content (AvgIpc) is 2.49. The zero-order valence-corrected chi connectivity index (χ0v) is 11.3. The highest BCUT2D eigenvalue weighted by Gasteiger charge is 2.25. The van der Waals surface area contributed by atoms with Crippen LogP contribution in [0.4, 0.5) is 10.1 Å². The number of halogens is 1. The lowest BCUT2D eigenvalue weighted by Gasteiger charge is -2.33. The van der Waals surface area contributed by atoms with Gasteiger partial charge in [0.1, 0.15) is 6.67 Å². The van der Waals surface area contributed by atoms with Crippen molar-refractivity contribution >= 4 is 5.69 Å². The lowest BCUT2D eigenvalue weighted by molar-refractivity contribution is -0.385. The van der Waals surface area contributed by atoms with Gasteiger partial charge in [-0.15, -0.1) is 0 Å². The Bertz CT molecular complexity index is 478. The number of hydrogen-bond donors (Lipinski definition) is 1. The zero-order valence-electron chi connectivity index (χ0n) is 11.3. The van der Waals surface area contributed by atoms with Gasteiger partial charge in [0.15, 0.2) is 5.75 Å². The van der Waals surface area contributed by atoms with Crippen molar-refractivity contribution in [2.24, 2.45) is 0 Å². The molecule has 6 nitrogen and oxygen atoms in total. The molecule has 0 saturated carbocycles. The Morgan fingerprint density at radius 1 is 1.50 bits per heavy atom. The molecule has 1 aliphatic heterocycles. The third kappa shape index (κ3) is 3.05. The first-order valence-corrected chi connectivity index (χ1v) is 6.50. The fraction of sp³-hybridized carbons (Fsp3) is 0.538. The van der Waals surface area contributed by atoms with E-state index in [-0.39, 0.29) is 11.4 Å². The molecular formula is C13H18FN3O3. The van der Waals surface area contributed by atoms with Gasteiger partial charge in [0.25, 0.3) is 0 Å². The molecule has 0 aromatic heterocycles. The third-order valence-corrected chi connectivity index (χ3v) is 3.52. The van der Waals surface area contributed by atoms with Crippen molar-refractivity contribution in [2.75, 3.05) is 40.0 Å². The first-order chi connectivity index (χ1) is 9.67. The summed E-state index contributed by atoms with van der Waals surface area (Å²) >= 11 is 0.